The molecule has 0 saturated heterocycles. The first kappa shape index (κ1) is 36.7. The largest absolute Gasteiger partial charge is 0.500 e. The monoisotopic (exact) mass is 1040 g/mol. The smallest absolute Gasteiger partial charge is 0.121 e. The third kappa shape index (κ3) is 7.61. The van der Waals surface area contributed by atoms with Crippen molar-refractivity contribution in [3.05, 3.63) is 194 Å². The summed E-state index contributed by atoms with van der Waals surface area (Å²) in [5.41, 5.74) is 9.47. The number of halogens is 1. The van der Waals surface area contributed by atoms with Crippen molar-refractivity contribution < 1.29 is 33.0 Å². The van der Waals surface area contributed by atoms with E-state index < -0.39 is 20.1 Å². The first-order chi connectivity index (χ1) is 30.4. The summed E-state index contributed by atoms with van der Waals surface area (Å²) in [4.78, 5) is 9.51. The molecule has 8 aromatic carbocycles. The molecule has 4 nitrogen and oxygen atoms in total. The number of rotatable bonds is 5. The van der Waals surface area contributed by atoms with Crippen LogP contribution in [0.3, 0.4) is 0 Å². The van der Waals surface area contributed by atoms with Crippen LogP contribution in [0.2, 0.25) is 17.3 Å². The number of benzene rings is 8. The molecule has 3 heterocycles. The van der Waals surface area contributed by atoms with Crippen LogP contribution in [0, 0.1) is 24.8 Å². The van der Waals surface area contributed by atoms with Gasteiger partial charge in [0.15, 0.2) is 0 Å². The molecule has 0 amide bonds. The van der Waals surface area contributed by atoms with E-state index in [0.29, 0.717) is 16.8 Å². The second kappa shape index (κ2) is 16.4. The van der Waals surface area contributed by atoms with Gasteiger partial charge in [0.2, 0.25) is 0 Å². The third-order valence-electron chi connectivity index (χ3n) is 11.1. The number of pyridine rings is 1. The molecule has 0 unspecified atom stereocenters. The quantitative estimate of drug-likeness (QED) is 0.0980. The van der Waals surface area contributed by atoms with Gasteiger partial charge in [-0.2, -0.15) is 0 Å². The summed E-state index contributed by atoms with van der Waals surface area (Å²) < 4.78 is 45.7. The van der Waals surface area contributed by atoms with Crippen molar-refractivity contribution in [2.24, 2.45) is 0 Å². The number of hydrogen-bond acceptors (Lipinski definition) is 3. The Morgan fingerprint density at radius 2 is 1.39 bits per heavy atom. The van der Waals surface area contributed by atoms with E-state index in [1.54, 1.807) is 18.3 Å². The first-order valence-corrected chi connectivity index (χ1v) is 27.3. The fraction of sp³-hybridized carbons (Fsp3) is 0.0741. The molecule has 0 aliphatic rings. The van der Waals surface area contributed by atoms with E-state index in [4.69, 9.17) is 13.5 Å². The molecule has 0 N–H and O–H groups in total. The van der Waals surface area contributed by atoms with E-state index in [-0.39, 0.29) is 25.9 Å². The minimum atomic E-state index is -2.34. The Hall–Kier alpha value is -6.18. The number of aryl methyl sites for hydroxylation is 1. The summed E-state index contributed by atoms with van der Waals surface area (Å²) in [6, 6.07) is 60.8. The molecule has 0 bridgehead atoms. The van der Waals surface area contributed by atoms with Crippen LogP contribution >= 0.6 is 0 Å². The third-order valence-corrected chi connectivity index (χ3v) is 15.3. The first-order valence-electron chi connectivity index (χ1n) is 21.4. The van der Waals surface area contributed by atoms with E-state index in [1.807, 2.05) is 12.1 Å². The Morgan fingerprint density at radius 1 is 0.656 bits per heavy atom. The standard InChI is InChI=1S/C39H23N2O.C15H17FGeN.Ir/c1-2-10-25(11-3-1)30-14-6-8-16-35(30)41-36-17-9-7-15-34(36)40-39(41)28-20-21-37-32(23-28)33-22-27-19-18-26-12-4-5-13-29(26)31(27)24-38(33)42-37;1-11-9-15(12-5-7-13(16)8-6-12)18-10-14(11)17(2,3)4;/h1-19,21-24H;5,7-10H,1-4H3;/q2*-1;/i;1D3;. The zero-order valence-corrected chi connectivity index (χ0v) is 38.1. The second-order valence-corrected chi connectivity index (χ2v) is 26.6. The molecule has 1 radical (unpaired) electrons. The molecule has 0 atom stereocenters. The summed E-state index contributed by atoms with van der Waals surface area (Å²) in [6.07, 6.45) is 1.67. The number of imidazole rings is 1. The summed E-state index contributed by atoms with van der Waals surface area (Å²) in [7, 11) is 0. The fourth-order valence-electron chi connectivity index (χ4n) is 8.10. The zero-order valence-electron chi connectivity index (χ0n) is 36.6. The Kier molecular flexibility index (Phi) is 9.83. The Balaban J connectivity index is 0.000000200. The molecule has 7 heteroatoms. The van der Waals surface area contributed by atoms with Crippen LogP contribution in [0.4, 0.5) is 4.39 Å². The van der Waals surface area contributed by atoms with E-state index in [0.717, 1.165) is 65.6 Å². The molecule has 0 fully saturated rings. The van der Waals surface area contributed by atoms with Crippen LogP contribution in [0.5, 0.6) is 0 Å². The molecule has 0 aliphatic heterocycles. The Bertz CT molecular complexity index is 3510. The van der Waals surface area contributed by atoms with Crippen molar-refractivity contribution in [2.45, 2.75) is 24.1 Å². The van der Waals surface area contributed by atoms with Gasteiger partial charge in [-0.05, 0) is 57.4 Å². The van der Waals surface area contributed by atoms with Gasteiger partial charge in [0.1, 0.15) is 5.58 Å². The van der Waals surface area contributed by atoms with Gasteiger partial charge in [0.05, 0.1) is 22.4 Å². The average molecular weight is 1030 g/mol. The predicted octanol–water partition coefficient (Wildman–Crippen LogP) is 13.9. The summed E-state index contributed by atoms with van der Waals surface area (Å²) in [5, 5.41) is 7.01. The number of nitrogens with zero attached hydrogens (tertiary/aromatic N) is 3. The normalized spacial score (nSPS) is 12.5. The Labute approximate surface area is 374 Å². The molecule has 299 valence electrons. The fourth-order valence-corrected chi connectivity index (χ4v) is 10.9. The average Bonchev–Trinajstić information content (AvgIpc) is 3.86. The zero-order chi connectivity index (χ0) is 43.5. The van der Waals surface area contributed by atoms with E-state index in [9.17, 15) is 4.39 Å². The van der Waals surface area contributed by atoms with Gasteiger partial charge in [-0.1, -0.05) is 102 Å². The topological polar surface area (TPSA) is 43.9 Å². The van der Waals surface area contributed by atoms with Gasteiger partial charge in [-0.15, -0.1) is 23.8 Å². The van der Waals surface area contributed by atoms with Crippen molar-refractivity contribution >= 4 is 72.2 Å². The number of aromatic nitrogens is 3. The molecule has 3 aromatic heterocycles. The summed E-state index contributed by atoms with van der Waals surface area (Å²) in [6.45, 7) is -2.18. The maximum Gasteiger partial charge on any atom is 0.121 e. The number of para-hydroxylation sites is 3. The van der Waals surface area contributed by atoms with Crippen LogP contribution < -0.4 is 4.40 Å². The number of fused-ring (bicyclic) bond motifs is 7. The maximum atomic E-state index is 13.0. The minimum Gasteiger partial charge on any atom is -0.500 e. The van der Waals surface area contributed by atoms with Gasteiger partial charge < -0.3 is 8.98 Å². The molecule has 11 aromatic rings. The van der Waals surface area contributed by atoms with Gasteiger partial charge >= 0.3 is 114 Å². The molecule has 61 heavy (non-hydrogen) atoms. The molecule has 0 saturated carbocycles. The van der Waals surface area contributed by atoms with Crippen molar-refractivity contribution in [1.29, 1.82) is 0 Å². The van der Waals surface area contributed by atoms with Crippen molar-refractivity contribution in [3.8, 4) is 39.5 Å². The molecule has 11 rings (SSSR count). The molecule has 0 spiro atoms. The van der Waals surface area contributed by atoms with Crippen LogP contribution in [0.25, 0.3) is 94.0 Å². The van der Waals surface area contributed by atoms with Gasteiger partial charge in [0.25, 0.3) is 0 Å². The van der Waals surface area contributed by atoms with Gasteiger partial charge in [-0.3, -0.25) is 4.98 Å². The molecular formula is C54H40FGeIrN3O-2. The van der Waals surface area contributed by atoms with Crippen LogP contribution in [0.15, 0.2) is 174 Å². The summed E-state index contributed by atoms with van der Waals surface area (Å²) >= 11 is -2.34. The van der Waals surface area contributed by atoms with Gasteiger partial charge in [-0.25, -0.2) is 0 Å². The van der Waals surface area contributed by atoms with Crippen LogP contribution in [-0.2, 0) is 20.1 Å². The summed E-state index contributed by atoms with van der Waals surface area (Å²) in [5.74, 6) is 6.88. The second-order valence-electron chi connectivity index (χ2n) is 16.0. The van der Waals surface area contributed by atoms with Crippen molar-refractivity contribution in [1.82, 2.24) is 14.5 Å². The van der Waals surface area contributed by atoms with Crippen molar-refractivity contribution in [2.75, 3.05) is 0 Å². The van der Waals surface area contributed by atoms with Gasteiger partial charge in [0, 0.05) is 36.7 Å². The van der Waals surface area contributed by atoms with Crippen LogP contribution in [0.1, 0.15) is 9.68 Å². The van der Waals surface area contributed by atoms with Crippen LogP contribution in [-0.4, -0.2) is 27.8 Å². The Morgan fingerprint density at radius 3 is 2.21 bits per heavy atom. The number of hydrogen-bond donors (Lipinski definition) is 0. The number of furan rings is 1. The van der Waals surface area contributed by atoms with E-state index in [2.05, 4.69) is 166 Å². The minimum absolute atomic E-state index is 0. The van der Waals surface area contributed by atoms with E-state index >= 15 is 0 Å². The SMILES string of the molecule is [2H]C([2H])([2H])c1cc(-c2[c-]cc(F)cc2)nc[c]1[Ge]([CH3])([CH3])[CH3].[Ir].[c-]1cc2oc3cc4c(ccc5ccccc54)cc3c2cc1-c1nc2ccccc2n1-c1ccccc1-c1ccccc1. The predicted molar refractivity (Wildman–Crippen MR) is 249 cm³/mol. The maximum absolute atomic E-state index is 13.0. The molecule has 0 aliphatic carbocycles. The van der Waals surface area contributed by atoms with Crippen molar-refractivity contribution in [3.63, 3.8) is 0 Å². The van der Waals surface area contributed by atoms with E-state index in [1.165, 1.54) is 33.7 Å². The molecular weight excluding hydrogens is 990 g/mol.